The molecule has 0 bridgehead atoms. The molecule has 1 aromatic rings. The second kappa shape index (κ2) is 6.31. The van der Waals surface area contributed by atoms with Gasteiger partial charge in [-0.15, -0.1) is 0 Å². The third kappa shape index (κ3) is 3.09. The first kappa shape index (κ1) is 12.8. The summed E-state index contributed by atoms with van der Waals surface area (Å²) in [7, 11) is 0. The number of amides is 1. The molecule has 1 N–H and O–H groups in total. The van der Waals surface area contributed by atoms with E-state index in [1.54, 1.807) is 0 Å². The summed E-state index contributed by atoms with van der Waals surface area (Å²) >= 11 is 0. The molecule has 0 heterocycles. The van der Waals surface area contributed by atoms with Crippen molar-refractivity contribution in [1.82, 2.24) is 5.32 Å². The normalized spacial score (nSPS) is 10.2. The molecule has 1 aromatic carbocycles. The standard InChI is InChI=1S/C14H21NO/c1-4-6-9-12-10-7-8-11(3)13(12)14(16)15-5-2/h7-8,10H,4-6,9H2,1-3H3,(H,15,16). The number of rotatable bonds is 5. The lowest BCUT2D eigenvalue weighted by molar-refractivity contribution is 0.0954. The maximum atomic E-state index is 11.9. The van der Waals surface area contributed by atoms with Crippen LogP contribution in [0.5, 0.6) is 0 Å². The lowest BCUT2D eigenvalue weighted by atomic mass is 9.97. The van der Waals surface area contributed by atoms with Crippen molar-refractivity contribution in [1.29, 1.82) is 0 Å². The highest BCUT2D eigenvalue weighted by atomic mass is 16.1. The molecule has 2 heteroatoms. The number of aryl methyl sites for hydroxylation is 2. The Morgan fingerprint density at radius 3 is 2.69 bits per heavy atom. The molecule has 0 aliphatic rings. The van der Waals surface area contributed by atoms with Crippen molar-refractivity contribution < 1.29 is 4.79 Å². The molecule has 2 nitrogen and oxygen atoms in total. The molecule has 0 radical (unpaired) electrons. The first-order valence-corrected chi connectivity index (χ1v) is 6.07. The Labute approximate surface area is 98.1 Å². The molecule has 16 heavy (non-hydrogen) atoms. The van der Waals surface area contributed by atoms with E-state index in [1.807, 2.05) is 26.0 Å². The fourth-order valence-corrected chi connectivity index (χ4v) is 1.88. The number of carbonyl (C=O) groups excluding carboxylic acids is 1. The van der Waals surface area contributed by atoms with Crippen molar-refractivity contribution in [3.8, 4) is 0 Å². The number of carbonyl (C=O) groups is 1. The average Bonchev–Trinajstić information content (AvgIpc) is 2.26. The Morgan fingerprint density at radius 2 is 2.06 bits per heavy atom. The third-order valence-electron chi connectivity index (χ3n) is 2.72. The summed E-state index contributed by atoms with van der Waals surface area (Å²) in [6, 6.07) is 6.09. The first-order chi connectivity index (χ1) is 7.70. The minimum atomic E-state index is 0.0618. The Kier molecular flexibility index (Phi) is 5.03. The van der Waals surface area contributed by atoms with Gasteiger partial charge in [-0.25, -0.2) is 0 Å². The van der Waals surface area contributed by atoms with Crippen LogP contribution in [0.25, 0.3) is 0 Å². The van der Waals surface area contributed by atoms with Crippen LogP contribution >= 0.6 is 0 Å². The largest absolute Gasteiger partial charge is 0.352 e. The molecular formula is C14H21NO. The smallest absolute Gasteiger partial charge is 0.251 e. The summed E-state index contributed by atoms with van der Waals surface area (Å²) in [5, 5.41) is 2.88. The van der Waals surface area contributed by atoms with Crippen LogP contribution in [0.3, 0.4) is 0 Å². The minimum absolute atomic E-state index is 0.0618. The van der Waals surface area contributed by atoms with Crippen molar-refractivity contribution in [3.63, 3.8) is 0 Å². The van der Waals surface area contributed by atoms with E-state index in [2.05, 4.69) is 18.3 Å². The highest BCUT2D eigenvalue weighted by Gasteiger charge is 2.12. The highest BCUT2D eigenvalue weighted by Crippen LogP contribution is 2.16. The highest BCUT2D eigenvalue weighted by molar-refractivity contribution is 5.97. The Morgan fingerprint density at radius 1 is 1.31 bits per heavy atom. The van der Waals surface area contributed by atoms with Crippen molar-refractivity contribution in [2.24, 2.45) is 0 Å². The number of hydrogen-bond donors (Lipinski definition) is 1. The molecule has 0 saturated carbocycles. The summed E-state index contributed by atoms with van der Waals surface area (Å²) in [5.74, 6) is 0.0618. The topological polar surface area (TPSA) is 29.1 Å². The third-order valence-corrected chi connectivity index (χ3v) is 2.72. The Hall–Kier alpha value is -1.31. The van der Waals surface area contributed by atoms with Gasteiger partial charge < -0.3 is 5.32 Å². The van der Waals surface area contributed by atoms with Crippen LogP contribution in [0.1, 0.15) is 48.2 Å². The van der Waals surface area contributed by atoms with Gasteiger partial charge in [-0.2, -0.15) is 0 Å². The predicted octanol–water partition coefficient (Wildman–Crippen LogP) is 3.09. The number of hydrogen-bond acceptors (Lipinski definition) is 1. The van der Waals surface area contributed by atoms with Crippen molar-refractivity contribution >= 4 is 5.91 Å². The molecule has 0 atom stereocenters. The van der Waals surface area contributed by atoms with Crippen LogP contribution in [-0.2, 0) is 6.42 Å². The van der Waals surface area contributed by atoms with Crippen molar-refractivity contribution in [3.05, 3.63) is 34.9 Å². The molecule has 0 fully saturated rings. The summed E-state index contributed by atoms with van der Waals surface area (Å²) in [6.45, 7) is 6.80. The molecule has 1 rings (SSSR count). The monoisotopic (exact) mass is 219 g/mol. The zero-order valence-electron chi connectivity index (χ0n) is 10.5. The fourth-order valence-electron chi connectivity index (χ4n) is 1.88. The fraction of sp³-hybridized carbons (Fsp3) is 0.500. The van der Waals surface area contributed by atoms with Crippen molar-refractivity contribution in [2.45, 2.75) is 40.0 Å². The van der Waals surface area contributed by atoms with Gasteiger partial charge in [0.1, 0.15) is 0 Å². The summed E-state index contributed by atoms with van der Waals surface area (Å²) in [6.07, 6.45) is 3.28. The van der Waals surface area contributed by atoms with Gasteiger partial charge in [0.15, 0.2) is 0 Å². The molecule has 0 saturated heterocycles. The number of nitrogens with one attached hydrogen (secondary N) is 1. The summed E-state index contributed by atoms with van der Waals surface area (Å²) < 4.78 is 0. The van der Waals surface area contributed by atoms with Crippen LogP contribution in [0.4, 0.5) is 0 Å². The van der Waals surface area contributed by atoms with E-state index in [-0.39, 0.29) is 5.91 Å². The van der Waals surface area contributed by atoms with E-state index < -0.39 is 0 Å². The molecule has 0 unspecified atom stereocenters. The van der Waals surface area contributed by atoms with E-state index in [4.69, 9.17) is 0 Å². The van der Waals surface area contributed by atoms with Crippen LogP contribution in [0.15, 0.2) is 18.2 Å². The Balaban J connectivity index is 2.98. The molecule has 88 valence electrons. The summed E-state index contributed by atoms with van der Waals surface area (Å²) in [5.41, 5.74) is 3.12. The molecular weight excluding hydrogens is 198 g/mol. The number of benzene rings is 1. The van der Waals surface area contributed by atoms with Gasteiger partial charge >= 0.3 is 0 Å². The molecule has 0 aromatic heterocycles. The molecule has 0 aliphatic heterocycles. The second-order valence-electron chi connectivity index (χ2n) is 4.07. The summed E-state index contributed by atoms with van der Waals surface area (Å²) in [4.78, 5) is 11.9. The van der Waals surface area contributed by atoms with E-state index in [1.165, 1.54) is 5.56 Å². The SMILES string of the molecule is CCCCc1cccc(C)c1C(=O)NCC. The lowest BCUT2D eigenvalue weighted by Gasteiger charge is -2.11. The van der Waals surface area contributed by atoms with Gasteiger partial charge in [-0.1, -0.05) is 31.5 Å². The minimum Gasteiger partial charge on any atom is -0.352 e. The molecule has 0 aliphatic carbocycles. The van der Waals surface area contributed by atoms with Crippen LogP contribution in [0, 0.1) is 6.92 Å². The lowest BCUT2D eigenvalue weighted by Crippen LogP contribution is -2.24. The van der Waals surface area contributed by atoms with E-state index >= 15 is 0 Å². The number of unbranched alkanes of at least 4 members (excludes halogenated alkanes) is 1. The molecule has 1 amide bonds. The molecule has 0 spiro atoms. The average molecular weight is 219 g/mol. The van der Waals surface area contributed by atoms with Gasteiger partial charge in [0, 0.05) is 12.1 Å². The second-order valence-corrected chi connectivity index (χ2v) is 4.07. The van der Waals surface area contributed by atoms with Gasteiger partial charge in [-0.3, -0.25) is 4.79 Å². The maximum absolute atomic E-state index is 11.9. The van der Waals surface area contributed by atoms with E-state index in [0.717, 1.165) is 30.4 Å². The quantitative estimate of drug-likeness (QED) is 0.810. The van der Waals surface area contributed by atoms with Gasteiger partial charge in [0.2, 0.25) is 0 Å². The van der Waals surface area contributed by atoms with Crippen LogP contribution in [-0.4, -0.2) is 12.5 Å². The zero-order valence-corrected chi connectivity index (χ0v) is 10.5. The van der Waals surface area contributed by atoms with E-state index in [0.29, 0.717) is 6.54 Å². The van der Waals surface area contributed by atoms with E-state index in [9.17, 15) is 4.79 Å². The van der Waals surface area contributed by atoms with Crippen molar-refractivity contribution in [2.75, 3.05) is 6.54 Å². The maximum Gasteiger partial charge on any atom is 0.251 e. The van der Waals surface area contributed by atoms with Gasteiger partial charge in [0.25, 0.3) is 5.91 Å². The zero-order chi connectivity index (χ0) is 12.0. The van der Waals surface area contributed by atoms with Crippen LogP contribution in [0.2, 0.25) is 0 Å². The van der Waals surface area contributed by atoms with Crippen LogP contribution < -0.4 is 5.32 Å². The first-order valence-electron chi connectivity index (χ1n) is 6.07. The Bertz CT molecular complexity index is 358. The van der Waals surface area contributed by atoms with Gasteiger partial charge in [0.05, 0.1) is 0 Å². The van der Waals surface area contributed by atoms with Gasteiger partial charge in [-0.05, 0) is 37.8 Å². The predicted molar refractivity (Wildman–Crippen MR) is 67.8 cm³/mol.